The maximum absolute atomic E-state index is 13.5. The molecule has 0 aliphatic heterocycles. The molecule has 5 heteroatoms. The maximum Gasteiger partial charge on any atom is 0.224 e. The molecular formula is C15H20F2N2O. The Balaban J connectivity index is 1.95. The first kappa shape index (κ1) is 14.9. The van der Waals surface area contributed by atoms with Crippen LogP contribution in [0.1, 0.15) is 37.7 Å². The molecular weight excluding hydrogens is 262 g/mol. The molecule has 1 amide bonds. The molecule has 0 spiro atoms. The van der Waals surface area contributed by atoms with Gasteiger partial charge in [-0.3, -0.25) is 4.79 Å². The number of nitrogens with one attached hydrogen (secondary N) is 1. The SMILES string of the molecule is NC1CCCCCC1C(=O)NCc1cc(F)ccc1F. The molecule has 0 heterocycles. The molecule has 1 aliphatic carbocycles. The summed E-state index contributed by atoms with van der Waals surface area (Å²) in [4.78, 5) is 12.1. The molecule has 0 saturated heterocycles. The van der Waals surface area contributed by atoms with Crippen molar-refractivity contribution in [1.82, 2.24) is 5.32 Å². The minimum absolute atomic E-state index is 0.00829. The predicted molar refractivity (Wildman–Crippen MR) is 72.8 cm³/mol. The summed E-state index contributed by atoms with van der Waals surface area (Å²) >= 11 is 0. The van der Waals surface area contributed by atoms with Crippen molar-refractivity contribution >= 4 is 5.91 Å². The lowest BCUT2D eigenvalue weighted by Gasteiger charge is -2.20. The van der Waals surface area contributed by atoms with E-state index in [1.54, 1.807) is 0 Å². The van der Waals surface area contributed by atoms with Crippen molar-refractivity contribution in [3.8, 4) is 0 Å². The van der Waals surface area contributed by atoms with Gasteiger partial charge in [-0.1, -0.05) is 19.3 Å². The highest BCUT2D eigenvalue weighted by Gasteiger charge is 2.26. The van der Waals surface area contributed by atoms with Gasteiger partial charge < -0.3 is 11.1 Å². The van der Waals surface area contributed by atoms with Crippen LogP contribution in [-0.4, -0.2) is 11.9 Å². The number of benzene rings is 1. The number of carbonyl (C=O) groups is 1. The van der Waals surface area contributed by atoms with E-state index in [1.165, 1.54) is 0 Å². The maximum atomic E-state index is 13.5. The molecule has 110 valence electrons. The van der Waals surface area contributed by atoms with Gasteiger partial charge in [-0.25, -0.2) is 8.78 Å². The van der Waals surface area contributed by atoms with Crippen LogP contribution < -0.4 is 11.1 Å². The van der Waals surface area contributed by atoms with E-state index in [2.05, 4.69) is 5.32 Å². The van der Waals surface area contributed by atoms with Gasteiger partial charge in [0.05, 0.1) is 5.92 Å². The van der Waals surface area contributed by atoms with Crippen molar-refractivity contribution < 1.29 is 13.6 Å². The number of amides is 1. The Labute approximate surface area is 117 Å². The van der Waals surface area contributed by atoms with Crippen molar-refractivity contribution in [2.45, 2.75) is 44.7 Å². The van der Waals surface area contributed by atoms with Crippen LogP contribution in [0.5, 0.6) is 0 Å². The summed E-state index contributed by atoms with van der Waals surface area (Å²) in [6.45, 7) is -0.00829. The van der Waals surface area contributed by atoms with E-state index in [-0.39, 0.29) is 30.0 Å². The van der Waals surface area contributed by atoms with Crippen LogP contribution in [0.15, 0.2) is 18.2 Å². The monoisotopic (exact) mass is 282 g/mol. The van der Waals surface area contributed by atoms with Crippen LogP contribution in [0.2, 0.25) is 0 Å². The molecule has 0 bridgehead atoms. The zero-order valence-electron chi connectivity index (χ0n) is 11.4. The second-order valence-electron chi connectivity index (χ2n) is 5.36. The lowest BCUT2D eigenvalue weighted by atomic mass is 9.94. The van der Waals surface area contributed by atoms with E-state index in [4.69, 9.17) is 5.73 Å². The van der Waals surface area contributed by atoms with Crippen LogP contribution in [0.3, 0.4) is 0 Å². The van der Waals surface area contributed by atoms with Crippen LogP contribution in [0, 0.1) is 17.6 Å². The number of hydrogen-bond donors (Lipinski definition) is 2. The molecule has 3 N–H and O–H groups in total. The summed E-state index contributed by atoms with van der Waals surface area (Å²) in [5.41, 5.74) is 6.16. The highest BCUT2D eigenvalue weighted by atomic mass is 19.1. The van der Waals surface area contributed by atoms with Crippen LogP contribution in [0.25, 0.3) is 0 Å². The van der Waals surface area contributed by atoms with E-state index in [9.17, 15) is 13.6 Å². The van der Waals surface area contributed by atoms with Gasteiger partial charge in [-0.15, -0.1) is 0 Å². The van der Waals surface area contributed by atoms with Crippen LogP contribution >= 0.6 is 0 Å². The molecule has 2 atom stereocenters. The zero-order chi connectivity index (χ0) is 14.5. The average Bonchev–Trinajstić information content (AvgIpc) is 2.64. The molecule has 1 aliphatic rings. The Kier molecular flexibility index (Phi) is 5.06. The van der Waals surface area contributed by atoms with Gasteiger partial charge >= 0.3 is 0 Å². The molecule has 1 saturated carbocycles. The first-order valence-corrected chi connectivity index (χ1v) is 7.05. The summed E-state index contributed by atoms with van der Waals surface area (Å²) < 4.78 is 26.5. The minimum Gasteiger partial charge on any atom is -0.352 e. The van der Waals surface area contributed by atoms with Crippen molar-refractivity contribution in [1.29, 1.82) is 0 Å². The standard InChI is InChI=1S/C15H20F2N2O/c16-11-6-7-13(17)10(8-11)9-19-15(20)12-4-2-1-3-5-14(12)18/h6-8,12,14H,1-5,9,18H2,(H,19,20). The van der Waals surface area contributed by atoms with Crippen molar-refractivity contribution in [2.24, 2.45) is 11.7 Å². The summed E-state index contributed by atoms with van der Waals surface area (Å²) in [5, 5.41) is 2.67. The van der Waals surface area contributed by atoms with Crippen LogP contribution in [-0.2, 0) is 11.3 Å². The van der Waals surface area contributed by atoms with Crippen LogP contribution in [0.4, 0.5) is 8.78 Å². The predicted octanol–water partition coefficient (Wildman–Crippen LogP) is 2.49. The summed E-state index contributed by atoms with van der Waals surface area (Å²) in [7, 11) is 0. The van der Waals surface area contributed by atoms with Gasteiger partial charge in [0, 0.05) is 18.2 Å². The molecule has 2 rings (SSSR count). The number of halogens is 2. The normalized spacial score (nSPS) is 23.1. The number of carbonyl (C=O) groups excluding carboxylic acids is 1. The van der Waals surface area contributed by atoms with Crippen molar-refractivity contribution in [3.05, 3.63) is 35.4 Å². The Morgan fingerprint density at radius 2 is 2.00 bits per heavy atom. The Bertz CT molecular complexity index is 479. The second kappa shape index (κ2) is 6.79. The third-order valence-corrected chi connectivity index (χ3v) is 3.87. The average molecular weight is 282 g/mol. The first-order valence-electron chi connectivity index (χ1n) is 7.05. The molecule has 3 nitrogen and oxygen atoms in total. The summed E-state index contributed by atoms with van der Waals surface area (Å²) in [5.74, 6) is -1.42. The summed E-state index contributed by atoms with van der Waals surface area (Å²) in [6, 6.07) is 3.08. The number of hydrogen-bond acceptors (Lipinski definition) is 2. The topological polar surface area (TPSA) is 55.1 Å². The highest BCUT2D eigenvalue weighted by molar-refractivity contribution is 5.79. The number of nitrogens with two attached hydrogens (primary N) is 1. The second-order valence-corrected chi connectivity index (χ2v) is 5.36. The fourth-order valence-electron chi connectivity index (χ4n) is 2.65. The van der Waals surface area contributed by atoms with Crippen molar-refractivity contribution in [2.75, 3.05) is 0 Å². The lowest BCUT2D eigenvalue weighted by Crippen LogP contribution is -2.41. The molecule has 1 aromatic carbocycles. The number of rotatable bonds is 3. The van der Waals surface area contributed by atoms with Gasteiger partial charge in [0.25, 0.3) is 0 Å². The Morgan fingerprint density at radius 3 is 2.80 bits per heavy atom. The summed E-state index contributed by atoms with van der Waals surface area (Å²) in [6.07, 6.45) is 4.73. The van der Waals surface area contributed by atoms with E-state index >= 15 is 0 Å². The molecule has 0 radical (unpaired) electrons. The third kappa shape index (κ3) is 3.76. The molecule has 1 fully saturated rings. The largest absolute Gasteiger partial charge is 0.352 e. The van der Waals surface area contributed by atoms with Gasteiger partial charge in [0.15, 0.2) is 0 Å². The van der Waals surface area contributed by atoms with E-state index in [0.29, 0.717) is 0 Å². The van der Waals surface area contributed by atoms with Gasteiger partial charge in [0.1, 0.15) is 11.6 Å². The fourth-order valence-corrected chi connectivity index (χ4v) is 2.65. The van der Waals surface area contributed by atoms with Gasteiger partial charge in [-0.05, 0) is 31.0 Å². The van der Waals surface area contributed by atoms with Crippen molar-refractivity contribution in [3.63, 3.8) is 0 Å². The van der Waals surface area contributed by atoms with E-state index in [0.717, 1.165) is 50.3 Å². The van der Waals surface area contributed by atoms with E-state index in [1.807, 2.05) is 0 Å². The zero-order valence-corrected chi connectivity index (χ0v) is 11.4. The third-order valence-electron chi connectivity index (χ3n) is 3.87. The Hall–Kier alpha value is -1.49. The van der Waals surface area contributed by atoms with Gasteiger partial charge in [-0.2, -0.15) is 0 Å². The Morgan fingerprint density at radius 1 is 1.25 bits per heavy atom. The van der Waals surface area contributed by atoms with E-state index < -0.39 is 11.6 Å². The smallest absolute Gasteiger partial charge is 0.224 e. The van der Waals surface area contributed by atoms with Gasteiger partial charge in [0.2, 0.25) is 5.91 Å². The molecule has 2 unspecified atom stereocenters. The first-order chi connectivity index (χ1) is 9.58. The quantitative estimate of drug-likeness (QED) is 0.837. The fraction of sp³-hybridized carbons (Fsp3) is 0.533. The molecule has 1 aromatic rings. The molecule has 0 aromatic heterocycles. The lowest BCUT2D eigenvalue weighted by molar-refractivity contribution is -0.126. The minimum atomic E-state index is -0.517. The highest BCUT2D eigenvalue weighted by Crippen LogP contribution is 2.22. The molecule has 20 heavy (non-hydrogen) atoms.